The van der Waals surface area contributed by atoms with E-state index in [1.807, 2.05) is 38.4 Å². The molecule has 3 rings (SSSR count). The summed E-state index contributed by atoms with van der Waals surface area (Å²) in [6.45, 7) is 5.65. The second-order valence-corrected chi connectivity index (χ2v) is 7.90. The molecule has 2 heterocycles. The van der Waals surface area contributed by atoms with Crippen LogP contribution in [0.1, 0.15) is 20.3 Å². The first-order valence-corrected chi connectivity index (χ1v) is 10.1. The molecule has 1 atom stereocenters. The van der Waals surface area contributed by atoms with Gasteiger partial charge in [0.15, 0.2) is 5.82 Å². The van der Waals surface area contributed by atoms with Crippen LogP contribution in [0.2, 0.25) is 0 Å². The zero-order valence-electron chi connectivity index (χ0n) is 17.7. The highest BCUT2D eigenvalue weighted by Gasteiger charge is 2.16. The number of benzene rings is 1. The Kier molecular flexibility index (Phi) is 6.75. The summed E-state index contributed by atoms with van der Waals surface area (Å²) in [4.78, 5) is 23.9. The van der Waals surface area contributed by atoms with Gasteiger partial charge in [-0.15, -0.1) is 0 Å². The number of carbonyl (C=O) groups is 1. The summed E-state index contributed by atoms with van der Waals surface area (Å²) in [7, 11) is 4.05. The number of pyridine rings is 1. The van der Waals surface area contributed by atoms with Gasteiger partial charge in [-0.2, -0.15) is 0 Å². The topological polar surface area (TPSA) is 64.3 Å². The maximum Gasteiger partial charge on any atom is 0.151 e. The number of aromatic amines is 1. The van der Waals surface area contributed by atoms with Crippen LogP contribution in [0, 0.1) is 5.92 Å². The van der Waals surface area contributed by atoms with Crippen molar-refractivity contribution in [3.63, 3.8) is 0 Å². The second-order valence-electron chi connectivity index (χ2n) is 7.90. The van der Waals surface area contributed by atoms with Crippen molar-refractivity contribution in [2.24, 2.45) is 5.92 Å². The van der Waals surface area contributed by atoms with Gasteiger partial charge in [-0.3, -0.25) is 0 Å². The lowest BCUT2D eigenvalue weighted by Crippen LogP contribution is -2.30. The van der Waals surface area contributed by atoms with E-state index in [4.69, 9.17) is 0 Å². The number of para-hydroxylation sites is 1. The summed E-state index contributed by atoms with van der Waals surface area (Å²) in [6.07, 6.45) is 3.64. The van der Waals surface area contributed by atoms with Gasteiger partial charge >= 0.3 is 0 Å². The molecule has 0 amide bonds. The Hall–Kier alpha value is -3.02. The van der Waals surface area contributed by atoms with E-state index in [1.54, 1.807) is 6.20 Å². The average Bonchev–Trinajstić information content (AvgIpc) is 3.15. The molecule has 1 unspecified atom stereocenters. The van der Waals surface area contributed by atoms with Gasteiger partial charge < -0.3 is 24.9 Å². The van der Waals surface area contributed by atoms with Gasteiger partial charge in [0.1, 0.15) is 12.1 Å². The SMILES string of the molecule is CC(C)Nc1cccnc1N(C)CCC(C=O)CN(C)c1cc2ccccc2[nH]1. The predicted molar refractivity (Wildman–Crippen MR) is 122 cm³/mol. The molecule has 0 fully saturated rings. The Morgan fingerprint density at radius 1 is 1.14 bits per heavy atom. The van der Waals surface area contributed by atoms with Crippen molar-refractivity contribution in [3.8, 4) is 0 Å². The molecule has 0 saturated heterocycles. The lowest BCUT2D eigenvalue weighted by molar-refractivity contribution is -0.110. The standard InChI is InChI=1S/C23H31N5O/c1-17(2)25-21-10-7-12-24-23(21)27(3)13-11-18(16-29)15-28(4)22-14-19-8-5-6-9-20(19)26-22/h5-10,12,14,16-18,25-26H,11,13,15H2,1-4H3. The van der Waals surface area contributed by atoms with Gasteiger partial charge in [-0.05, 0) is 44.5 Å². The molecule has 0 saturated carbocycles. The summed E-state index contributed by atoms with van der Waals surface area (Å²) in [5.41, 5.74) is 2.12. The molecule has 0 aliphatic carbocycles. The number of nitrogens with one attached hydrogen (secondary N) is 2. The Bertz CT molecular complexity index is 903. The molecule has 0 radical (unpaired) electrons. The van der Waals surface area contributed by atoms with E-state index in [1.165, 1.54) is 5.39 Å². The number of rotatable bonds is 10. The Labute approximate surface area is 172 Å². The van der Waals surface area contributed by atoms with Crippen molar-refractivity contribution >= 4 is 34.5 Å². The fourth-order valence-electron chi connectivity index (χ4n) is 3.51. The first kappa shape index (κ1) is 20.7. The van der Waals surface area contributed by atoms with E-state index >= 15 is 0 Å². The van der Waals surface area contributed by atoms with E-state index in [0.717, 1.165) is 42.1 Å². The summed E-state index contributed by atoms with van der Waals surface area (Å²) in [6, 6.07) is 14.6. The normalized spacial score (nSPS) is 12.2. The van der Waals surface area contributed by atoms with Crippen LogP contribution in [0.5, 0.6) is 0 Å². The monoisotopic (exact) mass is 393 g/mol. The summed E-state index contributed by atoms with van der Waals surface area (Å²) in [5.74, 6) is 1.88. The van der Waals surface area contributed by atoms with Gasteiger partial charge in [-0.1, -0.05) is 18.2 Å². The third kappa shape index (κ3) is 5.28. The zero-order valence-corrected chi connectivity index (χ0v) is 17.7. The first-order valence-electron chi connectivity index (χ1n) is 10.1. The highest BCUT2D eigenvalue weighted by Crippen LogP contribution is 2.24. The minimum absolute atomic E-state index is 0.0564. The molecule has 0 aliphatic rings. The van der Waals surface area contributed by atoms with Gasteiger partial charge in [-0.25, -0.2) is 4.98 Å². The first-order chi connectivity index (χ1) is 14.0. The fraction of sp³-hybridized carbons (Fsp3) is 0.391. The summed E-state index contributed by atoms with van der Waals surface area (Å²) >= 11 is 0. The van der Waals surface area contributed by atoms with Crippen LogP contribution in [0.25, 0.3) is 10.9 Å². The van der Waals surface area contributed by atoms with E-state index in [0.29, 0.717) is 12.6 Å². The molecule has 29 heavy (non-hydrogen) atoms. The lowest BCUT2D eigenvalue weighted by atomic mass is 10.1. The maximum absolute atomic E-state index is 11.7. The highest BCUT2D eigenvalue weighted by molar-refractivity contribution is 5.84. The highest BCUT2D eigenvalue weighted by atomic mass is 16.1. The van der Waals surface area contributed by atoms with E-state index < -0.39 is 0 Å². The van der Waals surface area contributed by atoms with Crippen molar-refractivity contribution in [1.29, 1.82) is 0 Å². The number of fused-ring (bicyclic) bond motifs is 1. The largest absolute Gasteiger partial charge is 0.380 e. The molecule has 2 N–H and O–H groups in total. The van der Waals surface area contributed by atoms with Gasteiger partial charge in [0.2, 0.25) is 0 Å². The summed E-state index contributed by atoms with van der Waals surface area (Å²) in [5, 5.41) is 4.61. The van der Waals surface area contributed by atoms with Gasteiger partial charge in [0.05, 0.1) is 5.69 Å². The van der Waals surface area contributed by atoms with E-state index in [-0.39, 0.29) is 5.92 Å². The van der Waals surface area contributed by atoms with Crippen molar-refractivity contribution in [3.05, 3.63) is 48.7 Å². The molecule has 2 aromatic heterocycles. The van der Waals surface area contributed by atoms with Crippen LogP contribution in [-0.4, -0.2) is 49.5 Å². The predicted octanol–water partition coefficient (Wildman–Crippen LogP) is 4.16. The van der Waals surface area contributed by atoms with Crippen LogP contribution >= 0.6 is 0 Å². The molecule has 6 heteroatoms. The number of hydrogen-bond donors (Lipinski definition) is 2. The quantitative estimate of drug-likeness (QED) is 0.506. The molecule has 1 aromatic carbocycles. The molecular formula is C23H31N5O. The number of aromatic nitrogens is 2. The van der Waals surface area contributed by atoms with Crippen molar-refractivity contribution < 1.29 is 4.79 Å². The molecule has 0 bridgehead atoms. The minimum atomic E-state index is -0.0564. The second kappa shape index (κ2) is 9.45. The molecule has 0 spiro atoms. The van der Waals surface area contributed by atoms with E-state index in [2.05, 4.69) is 57.1 Å². The molecular weight excluding hydrogens is 362 g/mol. The number of carbonyl (C=O) groups excluding carboxylic acids is 1. The molecule has 0 aliphatic heterocycles. The lowest BCUT2D eigenvalue weighted by Gasteiger charge is -2.25. The van der Waals surface area contributed by atoms with Gasteiger partial charge in [0.25, 0.3) is 0 Å². The number of aldehydes is 1. The molecule has 6 nitrogen and oxygen atoms in total. The van der Waals surface area contributed by atoms with E-state index in [9.17, 15) is 4.79 Å². The van der Waals surface area contributed by atoms with Crippen molar-refractivity contribution in [2.45, 2.75) is 26.3 Å². The maximum atomic E-state index is 11.7. The number of hydrogen-bond acceptors (Lipinski definition) is 5. The van der Waals surface area contributed by atoms with Crippen LogP contribution < -0.4 is 15.1 Å². The average molecular weight is 394 g/mol. The third-order valence-electron chi connectivity index (χ3n) is 5.06. The van der Waals surface area contributed by atoms with Crippen LogP contribution in [0.15, 0.2) is 48.7 Å². The molecule has 3 aromatic rings. The van der Waals surface area contributed by atoms with Crippen LogP contribution in [-0.2, 0) is 4.79 Å². The Morgan fingerprint density at radius 2 is 1.93 bits per heavy atom. The summed E-state index contributed by atoms with van der Waals surface area (Å²) < 4.78 is 0. The third-order valence-corrected chi connectivity index (χ3v) is 5.06. The number of anilines is 3. The Balaban J connectivity index is 1.60. The molecule has 154 valence electrons. The smallest absolute Gasteiger partial charge is 0.151 e. The fourth-order valence-corrected chi connectivity index (χ4v) is 3.51. The van der Waals surface area contributed by atoms with Crippen LogP contribution in [0.3, 0.4) is 0 Å². The Morgan fingerprint density at radius 3 is 2.66 bits per heavy atom. The number of H-pyrrole nitrogens is 1. The van der Waals surface area contributed by atoms with Crippen molar-refractivity contribution in [1.82, 2.24) is 9.97 Å². The van der Waals surface area contributed by atoms with Crippen molar-refractivity contribution in [2.75, 3.05) is 42.3 Å². The van der Waals surface area contributed by atoms with Crippen LogP contribution in [0.4, 0.5) is 17.3 Å². The van der Waals surface area contributed by atoms with Gasteiger partial charge in [0, 0.05) is 56.2 Å². The zero-order chi connectivity index (χ0) is 20.8. The number of nitrogens with zero attached hydrogens (tertiary/aromatic N) is 3. The minimum Gasteiger partial charge on any atom is -0.380 e.